The zero-order valence-electron chi connectivity index (χ0n) is 28.4. The molecule has 6 rings (SSSR count). The lowest BCUT2D eigenvalue weighted by atomic mass is 9.82. The first-order chi connectivity index (χ1) is 24.0. The first-order valence-corrected chi connectivity index (χ1v) is 20.6. The zero-order chi connectivity index (χ0) is 35.6. The maximum atomic E-state index is 14.8. The maximum Gasteiger partial charge on any atom is 0.264 e. The Labute approximate surface area is 302 Å². The topological polar surface area (TPSA) is 111 Å². The van der Waals surface area contributed by atoms with Gasteiger partial charge in [0.05, 0.1) is 31.4 Å². The molecule has 4 aromatic carbocycles. The van der Waals surface area contributed by atoms with Gasteiger partial charge in [0.15, 0.2) is 13.9 Å². The molecule has 11 heteroatoms. The number of amides is 3. The normalized spacial score (nSPS) is 21.4. The van der Waals surface area contributed by atoms with Crippen molar-refractivity contribution in [3.8, 4) is 0 Å². The summed E-state index contributed by atoms with van der Waals surface area (Å²) in [6, 6.07) is 32.2. The van der Waals surface area contributed by atoms with Crippen LogP contribution in [-0.2, 0) is 37.8 Å². The molecule has 0 unspecified atom stereocenters. The number of para-hydroxylation sites is 1. The van der Waals surface area contributed by atoms with Crippen LogP contribution in [-0.4, -0.2) is 60.6 Å². The molecule has 2 heterocycles. The minimum atomic E-state index is -3.01. The maximum absolute atomic E-state index is 14.8. The molecule has 50 heavy (non-hydrogen) atoms. The molecule has 0 aromatic heterocycles. The van der Waals surface area contributed by atoms with Crippen LogP contribution in [0.2, 0.25) is 18.6 Å². The first kappa shape index (κ1) is 35.7. The zero-order valence-corrected chi connectivity index (χ0v) is 31.0. The van der Waals surface area contributed by atoms with Gasteiger partial charge in [0.1, 0.15) is 0 Å². The molecule has 2 aliphatic rings. The summed E-state index contributed by atoms with van der Waals surface area (Å²) in [6.45, 7) is 6.17. The van der Waals surface area contributed by atoms with Gasteiger partial charge in [0.2, 0.25) is 12.3 Å². The van der Waals surface area contributed by atoms with Gasteiger partial charge >= 0.3 is 0 Å². The summed E-state index contributed by atoms with van der Waals surface area (Å²) in [5.74, 6) is -0.889. The fourth-order valence-electron chi connectivity index (χ4n) is 7.73. The summed E-state index contributed by atoms with van der Waals surface area (Å²) in [6.07, 6.45) is 0.0236. The summed E-state index contributed by atoms with van der Waals surface area (Å²) in [5, 5.41) is 9.81. The van der Waals surface area contributed by atoms with Crippen molar-refractivity contribution in [3.05, 3.63) is 124 Å². The van der Waals surface area contributed by atoms with Crippen molar-refractivity contribution in [2.75, 3.05) is 23.0 Å². The van der Waals surface area contributed by atoms with Gasteiger partial charge in [-0.2, -0.15) is 0 Å². The Hall–Kier alpha value is -4.13. The number of nitrogens with zero attached hydrogens (tertiary/aromatic N) is 3. The standard InChI is InChI=1S/C39H42BrN3O6Si/c1-27-37(50(2,3)48)35(23-36(46)41(20-21-44)24-28-10-6-4-7-11-28)49-39(27)33-22-30(40)16-19-34(33)42(38(39)47)25-29-14-17-32(18-15-29)43(26-45)31-12-8-5-9-13-31/h4-19,22,26-27,35,37,44,48H,20-21,23-25H2,1-3H3/t27-,35+,37-,39+/m1/s1. The molecule has 9 nitrogen and oxygen atoms in total. The summed E-state index contributed by atoms with van der Waals surface area (Å²) in [7, 11) is -3.01. The van der Waals surface area contributed by atoms with E-state index in [2.05, 4.69) is 15.9 Å². The van der Waals surface area contributed by atoms with E-state index in [1.165, 1.54) is 0 Å². The van der Waals surface area contributed by atoms with Gasteiger partial charge in [0, 0.05) is 46.0 Å². The van der Waals surface area contributed by atoms with E-state index in [0.717, 1.165) is 27.7 Å². The molecule has 2 aliphatic heterocycles. The third kappa shape index (κ3) is 6.80. The van der Waals surface area contributed by atoms with Gasteiger partial charge in [-0.05, 0) is 66.7 Å². The fourth-order valence-corrected chi connectivity index (χ4v) is 10.6. The summed E-state index contributed by atoms with van der Waals surface area (Å²) >= 11 is 3.60. The van der Waals surface area contributed by atoms with Crippen molar-refractivity contribution in [2.45, 2.75) is 56.8 Å². The van der Waals surface area contributed by atoms with Crippen LogP contribution in [0.1, 0.15) is 30.0 Å². The minimum Gasteiger partial charge on any atom is -0.432 e. The van der Waals surface area contributed by atoms with E-state index in [0.29, 0.717) is 23.5 Å². The number of hydrogen-bond acceptors (Lipinski definition) is 6. The second-order valence-corrected chi connectivity index (χ2v) is 18.5. The average Bonchev–Trinajstić information content (AvgIpc) is 3.52. The van der Waals surface area contributed by atoms with Crippen LogP contribution in [0.25, 0.3) is 0 Å². The molecule has 0 saturated carbocycles. The molecule has 0 radical (unpaired) electrons. The highest BCUT2D eigenvalue weighted by atomic mass is 79.9. The number of fused-ring (bicyclic) bond motifs is 2. The SMILES string of the molecule is C[C@@H]1[C@@H]([Si](C)(C)O)[C@H](CC(=O)N(CCO)Cc2ccccc2)O[C@@]12C(=O)N(Cc1ccc(N(C=O)c3ccccc3)cc1)c1ccc(Br)cc12. The first-order valence-electron chi connectivity index (χ1n) is 16.8. The molecule has 2 N–H and O–H groups in total. The van der Waals surface area contributed by atoms with Crippen LogP contribution in [0.4, 0.5) is 17.1 Å². The van der Waals surface area contributed by atoms with Crippen molar-refractivity contribution in [2.24, 2.45) is 5.92 Å². The number of anilines is 3. The van der Waals surface area contributed by atoms with Gasteiger partial charge < -0.3 is 24.4 Å². The van der Waals surface area contributed by atoms with Crippen molar-refractivity contribution in [3.63, 3.8) is 0 Å². The smallest absolute Gasteiger partial charge is 0.264 e. The van der Waals surface area contributed by atoms with Gasteiger partial charge in [-0.25, -0.2) is 0 Å². The van der Waals surface area contributed by atoms with Crippen LogP contribution in [0.15, 0.2) is 108 Å². The average molecular weight is 757 g/mol. The molecule has 260 valence electrons. The molecular formula is C39H42BrN3O6Si. The van der Waals surface area contributed by atoms with Gasteiger partial charge in [-0.15, -0.1) is 0 Å². The van der Waals surface area contributed by atoms with Crippen LogP contribution >= 0.6 is 15.9 Å². The van der Waals surface area contributed by atoms with Gasteiger partial charge in [-0.3, -0.25) is 19.3 Å². The predicted octanol–water partition coefficient (Wildman–Crippen LogP) is 6.50. The molecular weight excluding hydrogens is 714 g/mol. The van der Waals surface area contributed by atoms with Crippen LogP contribution in [0.5, 0.6) is 0 Å². The Balaban J connectivity index is 1.30. The lowest BCUT2D eigenvalue weighted by molar-refractivity contribution is -0.150. The number of benzene rings is 4. The number of aliphatic hydroxyl groups excluding tert-OH is 1. The van der Waals surface area contributed by atoms with E-state index < -0.39 is 31.5 Å². The largest absolute Gasteiger partial charge is 0.432 e. The van der Waals surface area contributed by atoms with E-state index in [1.807, 2.05) is 123 Å². The summed E-state index contributed by atoms with van der Waals surface area (Å²) in [4.78, 5) is 57.3. The number of halogens is 1. The second-order valence-electron chi connectivity index (χ2n) is 13.6. The van der Waals surface area contributed by atoms with E-state index in [1.54, 1.807) is 14.7 Å². The molecule has 4 atom stereocenters. The number of rotatable bonds is 12. The third-order valence-electron chi connectivity index (χ3n) is 9.96. The highest BCUT2D eigenvalue weighted by molar-refractivity contribution is 9.10. The molecule has 0 aliphatic carbocycles. The summed E-state index contributed by atoms with van der Waals surface area (Å²) < 4.78 is 7.68. The van der Waals surface area contributed by atoms with Crippen LogP contribution in [0, 0.1) is 5.92 Å². The van der Waals surface area contributed by atoms with Gasteiger partial charge in [0.25, 0.3) is 5.91 Å². The highest BCUT2D eigenvalue weighted by Crippen LogP contribution is 2.60. The molecule has 1 fully saturated rings. The van der Waals surface area contributed by atoms with Crippen molar-refractivity contribution >= 4 is 59.5 Å². The number of hydrogen-bond donors (Lipinski definition) is 2. The lowest BCUT2D eigenvalue weighted by Gasteiger charge is -2.32. The number of ether oxygens (including phenoxy) is 1. The molecule has 1 saturated heterocycles. The number of carbonyl (C=O) groups excluding carboxylic acids is 3. The Kier molecular flexibility index (Phi) is 10.4. The van der Waals surface area contributed by atoms with Crippen LogP contribution in [0.3, 0.4) is 0 Å². The molecule has 3 amide bonds. The van der Waals surface area contributed by atoms with E-state index in [4.69, 9.17) is 4.74 Å². The van der Waals surface area contributed by atoms with E-state index in [-0.39, 0.29) is 37.9 Å². The van der Waals surface area contributed by atoms with Crippen molar-refractivity contribution < 1.29 is 29.0 Å². The Morgan fingerprint density at radius 1 is 0.960 bits per heavy atom. The molecule has 4 aromatic rings. The quantitative estimate of drug-likeness (QED) is 0.126. The number of carbonyl (C=O) groups is 3. The predicted molar refractivity (Wildman–Crippen MR) is 199 cm³/mol. The minimum absolute atomic E-state index is 0.0344. The third-order valence-corrected chi connectivity index (χ3v) is 13.0. The monoisotopic (exact) mass is 755 g/mol. The lowest BCUT2D eigenvalue weighted by Crippen LogP contribution is -2.46. The molecule has 0 bridgehead atoms. The van der Waals surface area contributed by atoms with Crippen LogP contribution < -0.4 is 9.80 Å². The Morgan fingerprint density at radius 3 is 2.22 bits per heavy atom. The Bertz CT molecular complexity index is 1840. The number of aliphatic hydroxyl groups is 1. The fraction of sp³-hybridized carbons (Fsp3) is 0.308. The van der Waals surface area contributed by atoms with E-state index >= 15 is 0 Å². The van der Waals surface area contributed by atoms with Crippen molar-refractivity contribution in [1.29, 1.82) is 0 Å². The van der Waals surface area contributed by atoms with E-state index in [9.17, 15) is 24.3 Å². The van der Waals surface area contributed by atoms with Gasteiger partial charge in [-0.1, -0.05) is 83.5 Å². The summed E-state index contributed by atoms with van der Waals surface area (Å²) in [5.41, 5.74) is 2.81. The molecule has 1 spiro atoms. The van der Waals surface area contributed by atoms with Crippen molar-refractivity contribution in [1.82, 2.24) is 4.90 Å². The Morgan fingerprint density at radius 2 is 1.60 bits per heavy atom. The highest BCUT2D eigenvalue weighted by Gasteiger charge is 2.66. The second kappa shape index (κ2) is 14.6.